The Balaban J connectivity index is 1.56. The van der Waals surface area contributed by atoms with Gasteiger partial charge in [-0.2, -0.15) is 26.3 Å². The molecule has 0 aromatic heterocycles. The molecule has 10 heteroatoms. The molecule has 2 saturated heterocycles. The highest BCUT2D eigenvalue weighted by atomic mass is 19.4. The minimum absolute atomic E-state index is 0.130. The van der Waals surface area contributed by atoms with E-state index in [2.05, 4.69) is 4.90 Å². The third kappa shape index (κ3) is 5.97. The van der Waals surface area contributed by atoms with E-state index in [-0.39, 0.29) is 16.8 Å². The lowest BCUT2D eigenvalue weighted by atomic mass is 9.97. The van der Waals surface area contributed by atoms with Crippen LogP contribution in [0.4, 0.5) is 36.4 Å². The number of hydrogen-bond acceptors (Lipinski definition) is 3. The molecule has 4 rings (SSSR count). The van der Waals surface area contributed by atoms with Crippen LogP contribution < -0.4 is 4.90 Å². The molecule has 2 fully saturated rings. The summed E-state index contributed by atoms with van der Waals surface area (Å²) in [5.74, 6) is -2.25. The van der Waals surface area contributed by atoms with Crippen molar-refractivity contribution in [3.8, 4) is 0 Å². The molecule has 2 aliphatic rings. The number of alkyl halides is 6. The van der Waals surface area contributed by atoms with Gasteiger partial charge in [-0.15, -0.1) is 0 Å². The summed E-state index contributed by atoms with van der Waals surface area (Å²) in [6.45, 7) is 3.16. The van der Waals surface area contributed by atoms with Gasteiger partial charge >= 0.3 is 12.4 Å². The Labute approximate surface area is 198 Å². The summed E-state index contributed by atoms with van der Waals surface area (Å²) in [6.07, 6.45) is -6.33. The van der Waals surface area contributed by atoms with E-state index >= 15 is 0 Å². The second-order valence-electron chi connectivity index (χ2n) is 9.14. The Bertz CT molecular complexity index is 1070. The predicted octanol–water partition coefficient (Wildman–Crippen LogP) is 6.35. The lowest BCUT2D eigenvalue weighted by Gasteiger charge is -2.38. The Morgan fingerprint density at radius 3 is 2.11 bits per heavy atom. The maximum absolute atomic E-state index is 13.6. The highest BCUT2D eigenvalue weighted by Crippen LogP contribution is 2.35. The van der Waals surface area contributed by atoms with Crippen LogP contribution in [0.2, 0.25) is 0 Å². The van der Waals surface area contributed by atoms with Gasteiger partial charge in [-0.1, -0.05) is 6.07 Å². The molecule has 35 heavy (non-hydrogen) atoms. The highest BCUT2D eigenvalue weighted by molar-refractivity contribution is 5.98. The van der Waals surface area contributed by atoms with Crippen molar-refractivity contribution in [2.75, 3.05) is 31.1 Å². The molecule has 0 aliphatic carbocycles. The fourth-order valence-corrected chi connectivity index (χ4v) is 4.90. The summed E-state index contributed by atoms with van der Waals surface area (Å²) in [4.78, 5) is 17.1. The maximum atomic E-state index is 13.6. The molecular weight excluding hydrogens is 477 g/mol. The van der Waals surface area contributed by atoms with Gasteiger partial charge in [0, 0.05) is 36.8 Å². The van der Waals surface area contributed by atoms with Gasteiger partial charge in [0.1, 0.15) is 5.82 Å². The number of rotatable bonds is 5. The third-order valence-corrected chi connectivity index (χ3v) is 6.75. The van der Waals surface area contributed by atoms with Gasteiger partial charge in [-0.3, -0.25) is 4.79 Å². The lowest BCUT2D eigenvalue weighted by molar-refractivity contribution is -0.140. The average Bonchev–Trinajstić information content (AvgIpc) is 3.34. The summed E-state index contributed by atoms with van der Waals surface area (Å²) >= 11 is 0. The molecule has 2 aromatic rings. The second kappa shape index (κ2) is 9.79. The van der Waals surface area contributed by atoms with Crippen molar-refractivity contribution < 1.29 is 35.5 Å². The zero-order chi connectivity index (χ0) is 25.4. The van der Waals surface area contributed by atoms with Gasteiger partial charge in [-0.05, 0) is 74.7 Å². The molecule has 0 atom stereocenters. The van der Waals surface area contributed by atoms with Crippen molar-refractivity contribution in [1.29, 1.82) is 0 Å². The Kier molecular flexibility index (Phi) is 7.13. The zero-order valence-corrected chi connectivity index (χ0v) is 18.9. The van der Waals surface area contributed by atoms with Crippen LogP contribution in [0.15, 0.2) is 36.4 Å². The third-order valence-electron chi connectivity index (χ3n) is 6.75. The number of carbonyl (C=O) groups excluding carboxylic acids is 1. The van der Waals surface area contributed by atoms with Gasteiger partial charge in [0.2, 0.25) is 0 Å². The monoisotopic (exact) mass is 502 g/mol. The number of carbonyl (C=O) groups is 1. The van der Waals surface area contributed by atoms with E-state index in [1.807, 2.05) is 4.90 Å². The quantitative estimate of drug-likeness (QED) is 0.352. The number of benzene rings is 2. The number of Topliss-reactive ketones (excluding diaryl/α,β-unsaturated/α-hetero) is 1. The van der Waals surface area contributed by atoms with E-state index in [4.69, 9.17) is 0 Å². The largest absolute Gasteiger partial charge is 0.419 e. The minimum Gasteiger partial charge on any atom is -0.371 e. The van der Waals surface area contributed by atoms with Crippen LogP contribution in [-0.4, -0.2) is 42.9 Å². The molecule has 2 aromatic carbocycles. The molecular formula is C25H25F7N2O. The fourth-order valence-electron chi connectivity index (χ4n) is 4.90. The van der Waals surface area contributed by atoms with Crippen molar-refractivity contribution in [3.63, 3.8) is 0 Å². The van der Waals surface area contributed by atoms with Gasteiger partial charge in [0.25, 0.3) is 0 Å². The van der Waals surface area contributed by atoms with E-state index in [0.717, 1.165) is 57.0 Å². The number of likely N-dealkylation sites (tertiary alicyclic amines) is 1. The van der Waals surface area contributed by atoms with E-state index in [1.165, 1.54) is 6.07 Å². The Hall–Kier alpha value is -2.62. The Morgan fingerprint density at radius 1 is 0.857 bits per heavy atom. The second-order valence-corrected chi connectivity index (χ2v) is 9.14. The van der Waals surface area contributed by atoms with E-state index in [1.54, 1.807) is 0 Å². The molecule has 0 spiro atoms. The number of hydrogen-bond donors (Lipinski definition) is 0. The van der Waals surface area contributed by atoms with Crippen LogP contribution in [0.5, 0.6) is 0 Å². The molecule has 3 nitrogen and oxygen atoms in total. The van der Waals surface area contributed by atoms with Gasteiger partial charge in [-0.25, -0.2) is 4.39 Å². The first-order chi connectivity index (χ1) is 16.4. The number of nitrogens with zero attached hydrogens (tertiary/aromatic N) is 2. The maximum Gasteiger partial charge on any atom is 0.419 e. The van der Waals surface area contributed by atoms with Gasteiger partial charge in [0.05, 0.1) is 11.1 Å². The summed E-state index contributed by atoms with van der Waals surface area (Å²) in [5.41, 5.74) is -2.62. The molecule has 190 valence electrons. The van der Waals surface area contributed by atoms with E-state index in [9.17, 15) is 35.5 Å². The lowest BCUT2D eigenvalue weighted by Crippen LogP contribution is -2.44. The number of anilines is 1. The molecule has 0 radical (unpaired) electrons. The molecule has 0 N–H and O–H groups in total. The number of ketones is 1. The van der Waals surface area contributed by atoms with Crippen LogP contribution in [0.25, 0.3) is 0 Å². The van der Waals surface area contributed by atoms with Crippen LogP contribution >= 0.6 is 0 Å². The number of halogens is 7. The SMILES string of the molecule is O=C(Cc1ccc(F)c(C(F)(F)F)c1)c1cc(N2CCC(N3CCCC3)CC2)cc(C(F)(F)F)c1. The summed E-state index contributed by atoms with van der Waals surface area (Å²) in [7, 11) is 0. The van der Waals surface area contributed by atoms with Crippen molar-refractivity contribution in [2.24, 2.45) is 0 Å². The van der Waals surface area contributed by atoms with Crippen molar-refractivity contribution in [2.45, 2.75) is 50.5 Å². The van der Waals surface area contributed by atoms with Crippen LogP contribution in [0.1, 0.15) is 52.7 Å². The van der Waals surface area contributed by atoms with Crippen molar-refractivity contribution >= 4 is 11.5 Å². The van der Waals surface area contributed by atoms with Crippen LogP contribution in [0.3, 0.4) is 0 Å². The normalized spacial score (nSPS) is 18.3. The topological polar surface area (TPSA) is 23.6 Å². The highest BCUT2D eigenvalue weighted by Gasteiger charge is 2.35. The van der Waals surface area contributed by atoms with Gasteiger partial charge in [0.15, 0.2) is 5.78 Å². The summed E-state index contributed by atoms with van der Waals surface area (Å²) in [6, 6.07) is 5.63. The summed E-state index contributed by atoms with van der Waals surface area (Å²) < 4.78 is 93.3. The van der Waals surface area contributed by atoms with E-state index in [0.29, 0.717) is 31.3 Å². The van der Waals surface area contributed by atoms with Crippen LogP contribution in [-0.2, 0) is 18.8 Å². The molecule has 0 unspecified atom stereocenters. The number of piperidine rings is 1. The minimum atomic E-state index is -4.95. The van der Waals surface area contributed by atoms with Crippen molar-refractivity contribution in [3.05, 3.63) is 64.5 Å². The predicted molar refractivity (Wildman–Crippen MR) is 117 cm³/mol. The zero-order valence-electron chi connectivity index (χ0n) is 18.9. The van der Waals surface area contributed by atoms with E-state index < -0.39 is 41.5 Å². The molecule has 0 amide bonds. The average molecular weight is 502 g/mol. The molecule has 2 aliphatic heterocycles. The first-order valence-electron chi connectivity index (χ1n) is 11.5. The summed E-state index contributed by atoms with van der Waals surface area (Å²) in [5, 5.41) is 0. The first kappa shape index (κ1) is 25.5. The first-order valence-corrected chi connectivity index (χ1v) is 11.5. The molecule has 0 saturated carbocycles. The Morgan fingerprint density at radius 2 is 1.51 bits per heavy atom. The smallest absolute Gasteiger partial charge is 0.371 e. The van der Waals surface area contributed by atoms with Crippen LogP contribution in [0, 0.1) is 5.82 Å². The fraction of sp³-hybridized carbons (Fsp3) is 0.480. The van der Waals surface area contributed by atoms with Gasteiger partial charge < -0.3 is 9.80 Å². The molecule has 0 bridgehead atoms. The standard InChI is InChI=1S/C25H25F7N2O/c26-22-4-3-16(11-21(22)25(30,31)32)12-23(35)17-13-18(24(27,28)29)15-20(14-17)34-9-5-19(6-10-34)33-7-1-2-8-33/h3-4,11,13-15,19H,1-2,5-10,12H2. The molecule has 2 heterocycles. The van der Waals surface area contributed by atoms with Crippen molar-refractivity contribution in [1.82, 2.24) is 4.90 Å².